The fraction of sp³-hybridized carbons (Fsp3) is 0.625. The van der Waals surface area contributed by atoms with E-state index in [9.17, 15) is 5.11 Å². The number of halogens is 1. The standard InChI is InChI=1S/C16H21BrO2/c1-10-2-3-15(18)12(6-10)7-13-9-14(17)8-11-4-5-19-16(11)13/h8-10,12,15,18H,2-7H2,1H3. The van der Waals surface area contributed by atoms with Crippen LogP contribution in [0, 0.1) is 11.8 Å². The molecule has 0 saturated heterocycles. The quantitative estimate of drug-likeness (QED) is 0.898. The maximum Gasteiger partial charge on any atom is 0.125 e. The first-order chi connectivity index (χ1) is 9.13. The number of aliphatic hydroxyl groups is 1. The van der Waals surface area contributed by atoms with Gasteiger partial charge < -0.3 is 9.84 Å². The predicted octanol–water partition coefficient (Wildman–Crippen LogP) is 3.72. The molecule has 1 aliphatic carbocycles. The lowest BCUT2D eigenvalue weighted by atomic mass is 9.77. The van der Waals surface area contributed by atoms with E-state index in [1.165, 1.54) is 11.1 Å². The summed E-state index contributed by atoms with van der Waals surface area (Å²) < 4.78 is 6.92. The summed E-state index contributed by atoms with van der Waals surface area (Å²) in [5, 5.41) is 10.2. The first-order valence-electron chi connectivity index (χ1n) is 7.25. The Hall–Kier alpha value is -0.540. The molecule has 0 amide bonds. The van der Waals surface area contributed by atoms with E-state index < -0.39 is 0 Å². The normalized spacial score (nSPS) is 29.9. The first kappa shape index (κ1) is 13.4. The van der Waals surface area contributed by atoms with E-state index in [1.807, 2.05) is 0 Å². The third-order valence-electron chi connectivity index (χ3n) is 4.51. The van der Waals surface area contributed by atoms with Gasteiger partial charge in [0, 0.05) is 10.9 Å². The van der Waals surface area contributed by atoms with Gasteiger partial charge in [0.25, 0.3) is 0 Å². The third kappa shape index (κ3) is 2.82. The van der Waals surface area contributed by atoms with Crippen LogP contribution >= 0.6 is 15.9 Å². The lowest BCUT2D eigenvalue weighted by Gasteiger charge is -2.32. The molecule has 104 valence electrons. The molecule has 1 saturated carbocycles. The highest BCUT2D eigenvalue weighted by Crippen LogP contribution is 2.38. The number of hydrogen-bond donors (Lipinski definition) is 1. The number of rotatable bonds is 2. The van der Waals surface area contributed by atoms with Gasteiger partial charge in [-0.2, -0.15) is 0 Å². The zero-order valence-electron chi connectivity index (χ0n) is 11.4. The zero-order valence-corrected chi connectivity index (χ0v) is 12.9. The first-order valence-corrected chi connectivity index (χ1v) is 8.05. The summed E-state index contributed by atoms with van der Waals surface area (Å²) in [5.74, 6) is 2.19. The summed E-state index contributed by atoms with van der Waals surface area (Å²) in [6.07, 6.45) is 5.03. The smallest absolute Gasteiger partial charge is 0.125 e. The van der Waals surface area contributed by atoms with Crippen molar-refractivity contribution < 1.29 is 9.84 Å². The van der Waals surface area contributed by atoms with Gasteiger partial charge in [0.1, 0.15) is 5.75 Å². The Labute approximate surface area is 123 Å². The van der Waals surface area contributed by atoms with Crippen molar-refractivity contribution >= 4 is 15.9 Å². The SMILES string of the molecule is CC1CCC(O)C(Cc2cc(Br)cc3c2OCC3)C1. The Balaban J connectivity index is 1.83. The van der Waals surface area contributed by atoms with Crippen molar-refractivity contribution in [3.8, 4) is 5.75 Å². The fourth-order valence-corrected chi connectivity index (χ4v) is 4.03. The maximum atomic E-state index is 10.2. The average Bonchev–Trinajstić information content (AvgIpc) is 2.82. The van der Waals surface area contributed by atoms with Gasteiger partial charge in [0.2, 0.25) is 0 Å². The number of benzene rings is 1. The van der Waals surface area contributed by atoms with Gasteiger partial charge >= 0.3 is 0 Å². The molecule has 2 nitrogen and oxygen atoms in total. The Morgan fingerprint density at radius 2 is 2.21 bits per heavy atom. The Morgan fingerprint density at radius 3 is 3.05 bits per heavy atom. The molecule has 3 rings (SSSR count). The van der Waals surface area contributed by atoms with Crippen LogP contribution in [0.3, 0.4) is 0 Å². The van der Waals surface area contributed by atoms with Crippen LogP contribution in [0.25, 0.3) is 0 Å². The number of aliphatic hydroxyl groups excluding tert-OH is 1. The lowest BCUT2D eigenvalue weighted by Crippen LogP contribution is -2.29. The highest BCUT2D eigenvalue weighted by molar-refractivity contribution is 9.10. The molecule has 0 spiro atoms. The highest BCUT2D eigenvalue weighted by atomic mass is 79.9. The van der Waals surface area contributed by atoms with Gasteiger partial charge in [-0.1, -0.05) is 22.9 Å². The second kappa shape index (κ2) is 5.45. The van der Waals surface area contributed by atoms with E-state index in [0.29, 0.717) is 5.92 Å². The Kier molecular flexibility index (Phi) is 3.86. The number of fused-ring (bicyclic) bond motifs is 1. The van der Waals surface area contributed by atoms with Gasteiger partial charge in [-0.15, -0.1) is 0 Å². The third-order valence-corrected chi connectivity index (χ3v) is 4.97. The molecule has 1 aromatic carbocycles. The van der Waals surface area contributed by atoms with Crippen LogP contribution in [0.15, 0.2) is 16.6 Å². The minimum absolute atomic E-state index is 0.146. The van der Waals surface area contributed by atoms with Crippen LogP contribution in [-0.2, 0) is 12.8 Å². The van der Waals surface area contributed by atoms with E-state index in [4.69, 9.17) is 4.74 Å². The molecule has 1 N–H and O–H groups in total. The molecule has 1 fully saturated rings. The molecule has 3 atom stereocenters. The molecule has 1 heterocycles. The van der Waals surface area contributed by atoms with Gasteiger partial charge in [-0.05, 0) is 60.8 Å². The van der Waals surface area contributed by atoms with E-state index in [2.05, 4.69) is 35.0 Å². The van der Waals surface area contributed by atoms with E-state index >= 15 is 0 Å². The lowest BCUT2D eigenvalue weighted by molar-refractivity contribution is 0.0517. The summed E-state index contributed by atoms with van der Waals surface area (Å²) in [6.45, 7) is 3.09. The zero-order chi connectivity index (χ0) is 13.4. The summed E-state index contributed by atoms with van der Waals surface area (Å²) in [7, 11) is 0. The van der Waals surface area contributed by atoms with Crippen molar-refractivity contribution in [2.45, 2.75) is 45.1 Å². The summed E-state index contributed by atoms with van der Waals surface area (Å²) in [4.78, 5) is 0. The van der Waals surface area contributed by atoms with Crippen molar-refractivity contribution in [3.63, 3.8) is 0 Å². The molecule has 0 aromatic heterocycles. The minimum atomic E-state index is -0.146. The fourth-order valence-electron chi connectivity index (χ4n) is 3.48. The minimum Gasteiger partial charge on any atom is -0.493 e. The molecular weight excluding hydrogens is 304 g/mol. The Bertz CT molecular complexity index is 472. The van der Waals surface area contributed by atoms with E-state index in [1.54, 1.807) is 0 Å². The monoisotopic (exact) mass is 324 g/mol. The van der Waals surface area contributed by atoms with Gasteiger partial charge in [-0.25, -0.2) is 0 Å². The second-order valence-electron chi connectivity index (χ2n) is 6.10. The van der Waals surface area contributed by atoms with Crippen LogP contribution in [-0.4, -0.2) is 17.8 Å². The van der Waals surface area contributed by atoms with Crippen molar-refractivity contribution in [3.05, 3.63) is 27.7 Å². The molecular formula is C16H21BrO2. The van der Waals surface area contributed by atoms with Gasteiger partial charge in [0.05, 0.1) is 12.7 Å². The summed E-state index contributed by atoms with van der Waals surface area (Å²) in [6, 6.07) is 4.32. The van der Waals surface area contributed by atoms with Crippen molar-refractivity contribution in [2.24, 2.45) is 11.8 Å². The van der Waals surface area contributed by atoms with Crippen molar-refractivity contribution in [1.82, 2.24) is 0 Å². The van der Waals surface area contributed by atoms with Crippen LogP contribution in [0.4, 0.5) is 0 Å². The molecule has 19 heavy (non-hydrogen) atoms. The number of ether oxygens (including phenoxy) is 1. The van der Waals surface area contributed by atoms with Crippen LogP contribution < -0.4 is 4.74 Å². The largest absolute Gasteiger partial charge is 0.493 e. The average molecular weight is 325 g/mol. The summed E-state index contributed by atoms with van der Waals surface area (Å²) in [5.41, 5.74) is 2.57. The molecule has 2 aliphatic rings. The molecule has 3 unspecified atom stereocenters. The molecule has 1 aromatic rings. The van der Waals surface area contributed by atoms with E-state index in [-0.39, 0.29) is 6.10 Å². The molecule has 0 radical (unpaired) electrons. The molecule has 0 bridgehead atoms. The van der Waals surface area contributed by atoms with Crippen LogP contribution in [0.5, 0.6) is 5.75 Å². The van der Waals surface area contributed by atoms with Crippen molar-refractivity contribution in [1.29, 1.82) is 0 Å². The van der Waals surface area contributed by atoms with Gasteiger partial charge in [0.15, 0.2) is 0 Å². The molecule has 3 heteroatoms. The van der Waals surface area contributed by atoms with Gasteiger partial charge in [-0.3, -0.25) is 0 Å². The van der Waals surface area contributed by atoms with Crippen LogP contribution in [0.1, 0.15) is 37.3 Å². The van der Waals surface area contributed by atoms with Crippen molar-refractivity contribution in [2.75, 3.05) is 6.61 Å². The Morgan fingerprint density at radius 1 is 1.37 bits per heavy atom. The maximum absolute atomic E-state index is 10.2. The topological polar surface area (TPSA) is 29.5 Å². The molecule has 1 aliphatic heterocycles. The predicted molar refractivity (Wildman–Crippen MR) is 79.6 cm³/mol. The number of hydrogen-bond acceptors (Lipinski definition) is 2. The van der Waals surface area contributed by atoms with Crippen LogP contribution in [0.2, 0.25) is 0 Å². The second-order valence-corrected chi connectivity index (χ2v) is 7.02. The summed E-state index contributed by atoms with van der Waals surface area (Å²) >= 11 is 3.59. The van der Waals surface area contributed by atoms with E-state index in [0.717, 1.165) is 54.9 Å². The highest BCUT2D eigenvalue weighted by Gasteiger charge is 2.29.